The number of nitrogens with zero attached hydrogens (tertiary/aromatic N) is 1. The zero-order chi connectivity index (χ0) is 20.4. The zero-order valence-corrected chi connectivity index (χ0v) is 19.4. The van der Waals surface area contributed by atoms with Gasteiger partial charge < -0.3 is 14.8 Å². The van der Waals surface area contributed by atoms with Crippen molar-refractivity contribution in [3.05, 3.63) is 66.8 Å². The number of carbonyl (C=O) groups is 1. The number of furan rings is 1. The zero-order valence-electron chi connectivity index (χ0n) is 15.4. The highest BCUT2D eigenvalue weighted by Gasteiger charge is 2.25. The number of benzene rings is 1. The number of aryl methyl sites for hydroxylation is 1. The molecule has 0 radical (unpaired) electrons. The topological polar surface area (TPSA) is 74.8 Å². The number of hydrogen-bond donors (Lipinski definition) is 2. The Morgan fingerprint density at radius 2 is 2.03 bits per heavy atom. The van der Waals surface area contributed by atoms with Crippen LogP contribution in [0, 0.1) is 0 Å². The van der Waals surface area contributed by atoms with E-state index >= 15 is 0 Å². The smallest absolute Gasteiger partial charge is 0.255 e. The fraction of sp³-hybridized carbons (Fsp3) is 0.238. The van der Waals surface area contributed by atoms with Crippen molar-refractivity contribution in [1.82, 2.24) is 5.32 Å². The summed E-state index contributed by atoms with van der Waals surface area (Å²) in [5.41, 5.74) is 2.61. The molecule has 0 atom stereocenters. The van der Waals surface area contributed by atoms with Crippen LogP contribution in [0.1, 0.15) is 45.0 Å². The van der Waals surface area contributed by atoms with Gasteiger partial charge in [0.2, 0.25) is 0 Å². The third-order valence-electron chi connectivity index (χ3n) is 4.75. The molecule has 1 aliphatic carbocycles. The summed E-state index contributed by atoms with van der Waals surface area (Å²) < 4.78 is 6.47. The number of aliphatic imine (C=N–C) groups is 1. The quantitative estimate of drug-likeness (QED) is 0.384. The Bertz CT molecular complexity index is 1050. The highest BCUT2D eigenvalue weighted by molar-refractivity contribution is 9.11. The first kappa shape index (κ1) is 20.4. The standard InChI is InChI=1S/C21H18Br2N2O3S/c22-15-8-12(9-16(23)19(15)26)10-25-21-18(14-5-1-2-6-17(14)29-21)20(27)24-11-13-4-3-7-28-13/h3-4,7-10,26H,1-2,5-6,11H2,(H,24,27). The lowest BCUT2D eigenvalue weighted by atomic mass is 9.95. The van der Waals surface area contributed by atoms with Gasteiger partial charge >= 0.3 is 0 Å². The van der Waals surface area contributed by atoms with Gasteiger partial charge in [-0.2, -0.15) is 0 Å². The molecule has 1 aliphatic rings. The monoisotopic (exact) mass is 536 g/mol. The van der Waals surface area contributed by atoms with Crippen molar-refractivity contribution < 1.29 is 14.3 Å². The number of rotatable bonds is 5. The average Bonchev–Trinajstić information content (AvgIpc) is 3.36. The molecule has 2 heterocycles. The van der Waals surface area contributed by atoms with Crippen LogP contribution < -0.4 is 5.32 Å². The lowest BCUT2D eigenvalue weighted by Crippen LogP contribution is -2.23. The van der Waals surface area contributed by atoms with Crippen molar-refractivity contribution in [2.45, 2.75) is 32.2 Å². The Balaban J connectivity index is 1.64. The fourth-order valence-corrected chi connectivity index (χ4v) is 5.79. The van der Waals surface area contributed by atoms with Gasteiger partial charge in [0.1, 0.15) is 16.5 Å². The number of phenols is 1. The predicted octanol–water partition coefficient (Wildman–Crippen LogP) is 6.13. The summed E-state index contributed by atoms with van der Waals surface area (Å²) in [6, 6.07) is 7.21. The Labute approximate surface area is 189 Å². The lowest BCUT2D eigenvalue weighted by molar-refractivity contribution is 0.0948. The third kappa shape index (κ3) is 4.49. The van der Waals surface area contributed by atoms with Gasteiger partial charge in [-0.25, -0.2) is 4.99 Å². The van der Waals surface area contributed by atoms with Gasteiger partial charge in [0.05, 0.1) is 27.3 Å². The minimum absolute atomic E-state index is 0.124. The van der Waals surface area contributed by atoms with E-state index in [2.05, 4.69) is 42.2 Å². The van der Waals surface area contributed by atoms with Crippen molar-refractivity contribution in [2.75, 3.05) is 0 Å². The summed E-state index contributed by atoms with van der Waals surface area (Å²) in [4.78, 5) is 18.9. The van der Waals surface area contributed by atoms with E-state index in [9.17, 15) is 9.90 Å². The van der Waals surface area contributed by atoms with Gasteiger partial charge in [0.25, 0.3) is 5.91 Å². The van der Waals surface area contributed by atoms with Gasteiger partial charge in [0.15, 0.2) is 0 Å². The highest BCUT2D eigenvalue weighted by Crippen LogP contribution is 2.40. The molecular formula is C21H18Br2N2O3S. The van der Waals surface area contributed by atoms with E-state index in [0.29, 0.717) is 31.8 Å². The van der Waals surface area contributed by atoms with Crippen LogP contribution in [0.25, 0.3) is 0 Å². The fourth-order valence-electron chi connectivity index (χ4n) is 3.34. The van der Waals surface area contributed by atoms with E-state index in [-0.39, 0.29) is 11.7 Å². The first-order chi connectivity index (χ1) is 14.0. The summed E-state index contributed by atoms with van der Waals surface area (Å²) in [6.07, 6.45) is 7.43. The molecule has 0 saturated heterocycles. The molecule has 1 amide bonds. The molecule has 2 aromatic heterocycles. The number of thiophene rings is 1. The molecule has 0 aliphatic heterocycles. The molecular weight excluding hydrogens is 520 g/mol. The number of hydrogen-bond acceptors (Lipinski definition) is 5. The van der Waals surface area contributed by atoms with E-state index in [0.717, 1.165) is 36.8 Å². The molecule has 29 heavy (non-hydrogen) atoms. The molecule has 0 bridgehead atoms. The van der Waals surface area contributed by atoms with Gasteiger partial charge in [-0.15, -0.1) is 11.3 Å². The lowest BCUT2D eigenvalue weighted by Gasteiger charge is -2.12. The van der Waals surface area contributed by atoms with E-state index in [1.165, 1.54) is 4.88 Å². The average molecular weight is 538 g/mol. The molecule has 0 saturated carbocycles. The van der Waals surface area contributed by atoms with Crippen LogP contribution >= 0.6 is 43.2 Å². The van der Waals surface area contributed by atoms with Crippen LogP contribution in [0.5, 0.6) is 5.75 Å². The second-order valence-corrected chi connectivity index (χ2v) is 9.54. The number of aromatic hydroxyl groups is 1. The molecule has 1 aromatic carbocycles. The maximum Gasteiger partial charge on any atom is 0.255 e. The van der Waals surface area contributed by atoms with Crippen molar-refractivity contribution in [2.24, 2.45) is 4.99 Å². The predicted molar refractivity (Wildman–Crippen MR) is 122 cm³/mol. The summed E-state index contributed by atoms with van der Waals surface area (Å²) in [6.45, 7) is 0.345. The summed E-state index contributed by atoms with van der Waals surface area (Å²) in [7, 11) is 0. The Morgan fingerprint density at radius 1 is 1.28 bits per heavy atom. The number of carbonyl (C=O) groups excluding carboxylic acids is 1. The van der Waals surface area contributed by atoms with Crippen molar-refractivity contribution >= 4 is 60.3 Å². The third-order valence-corrected chi connectivity index (χ3v) is 7.16. The second-order valence-electron chi connectivity index (χ2n) is 6.74. The molecule has 3 aromatic rings. The molecule has 8 heteroatoms. The number of halogens is 2. The van der Waals surface area contributed by atoms with Crippen molar-refractivity contribution in [3.63, 3.8) is 0 Å². The maximum absolute atomic E-state index is 13.0. The molecule has 0 fully saturated rings. The molecule has 2 N–H and O–H groups in total. The summed E-state index contributed by atoms with van der Waals surface area (Å²) in [5.74, 6) is 0.735. The van der Waals surface area contributed by atoms with Gasteiger partial charge in [-0.1, -0.05) is 0 Å². The first-order valence-electron chi connectivity index (χ1n) is 9.20. The number of fused-ring (bicyclic) bond motifs is 1. The van der Waals surface area contributed by atoms with Crippen molar-refractivity contribution in [1.29, 1.82) is 0 Å². The Kier molecular flexibility index (Phi) is 6.22. The normalized spacial score (nSPS) is 13.6. The minimum atomic E-state index is -0.124. The van der Waals surface area contributed by atoms with Crippen LogP contribution in [0.2, 0.25) is 0 Å². The number of amides is 1. The van der Waals surface area contributed by atoms with Crippen LogP contribution in [0.15, 0.2) is 48.9 Å². The minimum Gasteiger partial charge on any atom is -0.506 e. The number of phenolic OH excluding ortho intramolecular Hbond substituents is 1. The summed E-state index contributed by atoms with van der Waals surface area (Å²) >= 11 is 8.26. The van der Waals surface area contributed by atoms with Gasteiger partial charge in [-0.3, -0.25) is 4.79 Å². The molecule has 5 nitrogen and oxygen atoms in total. The molecule has 0 unspecified atom stereocenters. The molecule has 0 spiro atoms. The van der Waals surface area contributed by atoms with Gasteiger partial charge in [-0.05, 0) is 92.9 Å². The largest absolute Gasteiger partial charge is 0.506 e. The molecule has 150 valence electrons. The van der Waals surface area contributed by atoms with Crippen molar-refractivity contribution in [3.8, 4) is 5.75 Å². The molecule has 4 rings (SSSR count). The van der Waals surface area contributed by atoms with Gasteiger partial charge in [0, 0.05) is 11.1 Å². The van der Waals surface area contributed by atoms with E-state index in [1.54, 1.807) is 42.0 Å². The Morgan fingerprint density at radius 3 is 2.76 bits per heavy atom. The first-order valence-corrected chi connectivity index (χ1v) is 11.6. The summed E-state index contributed by atoms with van der Waals surface area (Å²) in [5, 5.41) is 13.6. The second kappa shape index (κ2) is 8.85. The Hall–Kier alpha value is -1.90. The van der Waals surface area contributed by atoms with Crippen LogP contribution in [-0.2, 0) is 19.4 Å². The van der Waals surface area contributed by atoms with E-state index in [1.807, 2.05) is 6.07 Å². The van der Waals surface area contributed by atoms with E-state index in [4.69, 9.17) is 4.42 Å². The SMILES string of the molecule is O=C(NCc1ccco1)c1c(N=Cc2cc(Br)c(O)c(Br)c2)sc2c1CCCC2. The van der Waals surface area contributed by atoms with Crippen LogP contribution in [-0.4, -0.2) is 17.2 Å². The maximum atomic E-state index is 13.0. The van der Waals surface area contributed by atoms with E-state index < -0.39 is 0 Å². The number of nitrogens with one attached hydrogen (secondary N) is 1. The highest BCUT2D eigenvalue weighted by atomic mass is 79.9. The van der Waals surface area contributed by atoms with Crippen LogP contribution in [0.4, 0.5) is 5.00 Å². The van der Waals surface area contributed by atoms with Crippen LogP contribution in [0.3, 0.4) is 0 Å².